The lowest BCUT2D eigenvalue weighted by atomic mass is 10.2. The van der Waals surface area contributed by atoms with Gasteiger partial charge in [0.25, 0.3) is 0 Å². The number of rotatable bonds is 9. The van der Waals surface area contributed by atoms with E-state index < -0.39 is 0 Å². The maximum Gasteiger partial charge on any atom is 0.203 e. The first-order valence-electron chi connectivity index (χ1n) is 9.54. The number of benzene rings is 2. The zero-order valence-corrected chi connectivity index (χ0v) is 18.2. The third kappa shape index (κ3) is 6.29. The molecule has 0 bridgehead atoms. The van der Waals surface area contributed by atoms with Crippen LogP contribution in [-0.2, 0) is 6.54 Å². The molecule has 2 N–H and O–H groups in total. The molecule has 0 saturated carbocycles. The number of nitrogens with one attached hydrogen (secondary N) is 2. The molecular weight excluding hydrogens is 368 g/mol. The number of ether oxygens (including phenoxy) is 3. The van der Waals surface area contributed by atoms with Crippen molar-refractivity contribution in [3.8, 4) is 17.2 Å². The number of guanidine groups is 1. The van der Waals surface area contributed by atoms with E-state index in [9.17, 15) is 0 Å². The van der Waals surface area contributed by atoms with Gasteiger partial charge in [0, 0.05) is 44.0 Å². The molecule has 1 unspecified atom stereocenters. The van der Waals surface area contributed by atoms with Crippen LogP contribution in [0.1, 0.15) is 12.5 Å². The fourth-order valence-electron chi connectivity index (χ4n) is 2.90. The van der Waals surface area contributed by atoms with Crippen molar-refractivity contribution < 1.29 is 14.2 Å². The van der Waals surface area contributed by atoms with E-state index in [4.69, 9.17) is 14.2 Å². The van der Waals surface area contributed by atoms with Gasteiger partial charge in [0.15, 0.2) is 17.5 Å². The van der Waals surface area contributed by atoms with Crippen LogP contribution in [0.25, 0.3) is 0 Å². The molecule has 0 spiro atoms. The minimum absolute atomic E-state index is 0.314. The van der Waals surface area contributed by atoms with Crippen molar-refractivity contribution in [2.75, 3.05) is 47.3 Å². The number of hydrogen-bond donors (Lipinski definition) is 2. The average molecular weight is 401 g/mol. The van der Waals surface area contributed by atoms with Crippen LogP contribution < -0.4 is 24.8 Å². The second-order valence-corrected chi connectivity index (χ2v) is 6.74. The molecule has 0 heterocycles. The van der Waals surface area contributed by atoms with Crippen LogP contribution in [0.3, 0.4) is 0 Å². The summed E-state index contributed by atoms with van der Waals surface area (Å²) < 4.78 is 16.2. The van der Waals surface area contributed by atoms with E-state index in [2.05, 4.69) is 58.8 Å². The smallest absolute Gasteiger partial charge is 0.203 e. The lowest BCUT2D eigenvalue weighted by Crippen LogP contribution is -2.42. The Morgan fingerprint density at radius 3 is 2.17 bits per heavy atom. The molecule has 0 fully saturated rings. The third-order valence-corrected chi connectivity index (χ3v) is 4.74. The molecule has 0 aliphatic carbocycles. The number of nitrogens with zero attached hydrogens (tertiary/aromatic N) is 2. The highest BCUT2D eigenvalue weighted by Gasteiger charge is 2.15. The van der Waals surface area contributed by atoms with Crippen LogP contribution in [0.15, 0.2) is 47.5 Å². The van der Waals surface area contributed by atoms with Gasteiger partial charge in [0.2, 0.25) is 5.75 Å². The molecule has 1 atom stereocenters. The molecule has 0 saturated heterocycles. The third-order valence-electron chi connectivity index (χ3n) is 4.74. The molecule has 158 valence electrons. The topological polar surface area (TPSA) is 67.4 Å². The van der Waals surface area contributed by atoms with Gasteiger partial charge in [-0.3, -0.25) is 9.89 Å². The zero-order valence-electron chi connectivity index (χ0n) is 18.2. The summed E-state index contributed by atoms with van der Waals surface area (Å²) in [6.07, 6.45) is 0. The van der Waals surface area contributed by atoms with Gasteiger partial charge >= 0.3 is 0 Å². The number of methoxy groups -OCH3 is 3. The highest BCUT2D eigenvalue weighted by atomic mass is 16.5. The summed E-state index contributed by atoms with van der Waals surface area (Å²) in [4.78, 5) is 6.62. The van der Waals surface area contributed by atoms with Gasteiger partial charge in [-0.25, -0.2) is 0 Å². The number of anilines is 1. The second-order valence-electron chi connectivity index (χ2n) is 6.74. The molecule has 0 aliphatic heterocycles. The summed E-state index contributed by atoms with van der Waals surface area (Å²) in [6, 6.07) is 14.5. The molecule has 0 aromatic heterocycles. The van der Waals surface area contributed by atoms with Gasteiger partial charge < -0.3 is 24.8 Å². The summed E-state index contributed by atoms with van der Waals surface area (Å²) in [7, 11) is 8.64. The van der Waals surface area contributed by atoms with E-state index in [1.54, 1.807) is 28.4 Å². The summed E-state index contributed by atoms with van der Waals surface area (Å²) in [6.45, 7) is 3.82. The van der Waals surface area contributed by atoms with Crippen LogP contribution in [0.4, 0.5) is 5.69 Å². The Morgan fingerprint density at radius 2 is 1.66 bits per heavy atom. The number of hydrogen-bond acceptors (Lipinski definition) is 5. The van der Waals surface area contributed by atoms with Crippen molar-refractivity contribution in [3.05, 3.63) is 48.0 Å². The van der Waals surface area contributed by atoms with E-state index in [0.717, 1.165) is 18.8 Å². The Morgan fingerprint density at radius 1 is 1.03 bits per heavy atom. The van der Waals surface area contributed by atoms with Crippen molar-refractivity contribution in [1.82, 2.24) is 10.2 Å². The lowest BCUT2D eigenvalue weighted by molar-refractivity contribution is 0.249. The first-order chi connectivity index (χ1) is 14.0. The Labute approximate surface area is 173 Å². The summed E-state index contributed by atoms with van der Waals surface area (Å²) in [5, 5.41) is 6.65. The SMILES string of the molecule is CN=C(NCC(C)N(C)Cc1ccccc1)Nc1cc(OC)c(OC)c(OC)c1. The zero-order chi connectivity index (χ0) is 21.2. The van der Waals surface area contributed by atoms with E-state index in [-0.39, 0.29) is 0 Å². The minimum Gasteiger partial charge on any atom is -0.493 e. The molecule has 0 amide bonds. The van der Waals surface area contributed by atoms with Crippen molar-refractivity contribution >= 4 is 11.6 Å². The van der Waals surface area contributed by atoms with Crippen LogP contribution in [0.5, 0.6) is 17.2 Å². The molecule has 2 aromatic rings. The summed E-state index contributed by atoms with van der Waals surface area (Å²) in [5.74, 6) is 2.39. The predicted octanol–water partition coefficient (Wildman–Crippen LogP) is 3.22. The van der Waals surface area contributed by atoms with E-state index in [0.29, 0.717) is 29.2 Å². The fourth-order valence-corrected chi connectivity index (χ4v) is 2.90. The van der Waals surface area contributed by atoms with Gasteiger partial charge in [0.05, 0.1) is 21.3 Å². The van der Waals surface area contributed by atoms with Gasteiger partial charge in [-0.1, -0.05) is 30.3 Å². The molecule has 2 rings (SSSR count). The molecular formula is C22H32N4O3. The van der Waals surface area contributed by atoms with Gasteiger partial charge in [-0.15, -0.1) is 0 Å². The Hall–Kier alpha value is -2.93. The normalized spacial score (nSPS) is 12.4. The van der Waals surface area contributed by atoms with E-state index >= 15 is 0 Å². The molecule has 7 heteroatoms. The van der Waals surface area contributed by atoms with E-state index in [1.807, 2.05) is 18.2 Å². The van der Waals surface area contributed by atoms with Crippen molar-refractivity contribution in [2.45, 2.75) is 19.5 Å². The van der Waals surface area contributed by atoms with Crippen molar-refractivity contribution in [3.63, 3.8) is 0 Å². The van der Waals surface area contributed by atoms with Crippen LogP contribution in [0.2, 0.25) is 0 Å². The van der Waals surface area contributed by atoms with Crippen molar-refractivity contribution in [1.29, 1.82) is 0 Å². The Balaban J connectivity index is 1.98. The van der Waals surface area contributed by atoms with Crippen LogP contribution >= 0.6 is 0 Å². The standard InChI is InChI=1S/C22H32N4O3/c1-16(26(3)15-17-10-8-7-9-11-17)14-24-22(23-2)25-18-12-19(27-4)21(29-6)20(13-18)28-5/h7-13,16H,14-15H2,1-6H3,(H2,23,24,25). The monoisotopic (exact) mass is 400 g/mol. The Bertz CT molecular complexity index is 771. The maximum atomic E-state index is 5.41. The Kier molecular flexibility index (Phi) is 8.61. The average Bonchev–Trinajstić information content (AvgIpc) is 2.76. The second kappa shape index (κ2) is 11.2. The van der Waals surface area contributed by atoms with Gasteiger partial charge in [-0.05, 0) is 19.5 Å². The van der Waals surface area contributed by atoms with Crippen LogP contribution in [0, 0.1) is 0 Å². The molecule has 0 radical (unpaired) electrons. The first-order valence-corrected chi connectivity index (χ1v) is 9.54. The largest absolute Gasteiger partial charge is 0.493 e. The number of likely N-dealkylation sites (N-methyl/N-ethyl adjacent to an activating group) is 1. The molecule has 2 aromatic carbocycles. The quantitative estimate of drug-likeness (QED) is 0.498. The molecule has 7 nitrogen and oxygen atoms in total. The fraction of sp³-hybridized carbons (Fsp3) is 0.409. The molecule has 0 aliphatic rings. The van der Waals surface area contributed by atoms with E-state index in [1.165, 1.54) is 5.56 Å². The highest BCUT2D eigenvalue weighted by molar-refractivity contribution is 5.94. The molecule has 29 heavy (non-hydrogen) atoms. The first kappa shape index (κ1) is 22.4. The number of aliphatic imine (C=N–C) groups is 1. The maximum absolute atomic E-state index is 5.41. The van der Waals surface area contributed by atoms with Crippen LogP contribution in [-0.4, -0.2) is 58.9 Å². The summed E-state index contributed by atoms with van der Waals surface area (Å²) in [5.41, 5.74) is 2.08. The van der Waals surface area contributed by atoms with Crippen molar-refractivity contribution in [2.24, 2.45) is 4.99 Å². The van der Waals surface area contributed by atoms with Gasteiger partial charge in [0.1, 0.15) is 0 Å². The minimum atomic E-state index is 0.314. The summed E-state index contributed by atoms with van der Waals surface area (Å²) >= 11 is 0. The van der Waals surface area contributed by atoms with Gasteiger partial charge in [-0.2, -0.15) is 0 Å². The highest BCUT2D eigenvalue weighted by Crippen LogP contribution is 2.39. The lowest BCUT2D eigenvalue weighted by Gasteiger charge is -2.26. The predicted molar refractivity (Wildman–Crippen MR) is 118 cm³/mol.